The van der Waals surface area contributed by atoms with Gasteiger partial charge in [0.25, 0.3) is 0 Å². The van der Waals surface area contributed by atoms with Crippen LogP contribution in [0, 0.1) is 0 Å². The smallest absolute Gasteiger partial charge is 0.219 e. The van der Waals surface area contributed by atoms with E-state index in [9.17, 15) is 10.0 Å². The molecule has 0 bridgehead atoms. The molecule has 0 atom stereocenters. The van der Waals surface area contributed by atoms with Crippen molar-refractivity contribution in [2.24, 2.45) is 0 Å². The first kappa shape index (κ1) is 13.5. The molecule has 0 saturated carbocycles. The lowest BCUT2D eigenvalue weighted by Gasteiger charge is -2.50. The lowest BCUT2D eigenvalue weighted by atomic mass is 9.79. The molecule has 4 nitrogen and oxygen atoms in total. The highest BCUT2D eigenvalue weighted by Crippen LogP contribution is 2.36. The summed E-state index contributed by atoms with van der Waals surface area (Å²) >= 11 is 0. The molecule has 1 saturated heterocycles. The van der Waals surface area contributed by atoms with Crippen LogP contribution in [-0.2, 0) is 10.0 Å². The number of rotatable bonds is 2. The van der Waals surface area contributed by atoms with E-state index in [1.165, 1.54) is 5.06 Å². The maximum atomic E-state index is 12.1. The minimum Gasteiger partial charge on any atom is -0.353 e. The van der Waals surface area contributed by atoms with Gasteiger partial charge in [-0.1, -0.05) is 6.92 Å². The molecule has 0 aromatic carbocycles. The molecule has 1 heterocycles. The first-order chi connectivity index (χ1) is 7.19. The van der Waals surface area contributed by atoms with E-state index in [1.54, 1.807) is 0 Å². The Morgan fingerprint density at radius 2 is 1.69 bits per heavy atom. The molecule has 1 rings (SSSR count). The molecule has 1 N–H and O–H groups in total. The molecule has 1 radical (unpaired) electrons. The van der Waals surface area contributed by atoms with E-state index < -0.39 is 11.1 Å². The van der Waals surface area contributed by atoms with Crippen molar-refractivity contribution in [2.75, 3.05) is 0 Å². The van der Waals surface area contributed by atoms with Crippen molar-refractivity contribution in [3.63, 3.8) is 0 Å². The van der Waals surface area contributed by atoms with Gasteiger partial charge in [0, 0.05) is 23.5 Å². The summed E-state index contributed by atoms with van der Waals surface area (Å²) in [7, 11) is 0. The number of nitrogens with one attached hydrogen (secondary N) is 1. The minimum absolute atomic E-state index is 0.0657. The number of hydroxylamine groups is 2. The Morgan fingerprint density at radius 3 is 2.06 bits per heavy atom. The molecule has 1 aliphatic heterocycles. The first-order valence-corrected chi connectivity index (χ1v) is 5.96. The van der Waals surface area contributed by atoms with Crippen molar-refractivity contribution in [3.05, 3.63) is 0 Å². The third-order valence-electron chi connectivity index (χ3n) is 3.28. The van der Waals surface area contributed by atoms with Gasteiger partial charge >= 0.3 is 0 Å². The zero-order chi connectivity index (χ0) is 12.6. The Hall–Kier alpha value is -0.610. The van der Waals surface area contributed by atoms with Gasteiger partial charge in [-0.05, 0) is 40.5 Å². The molecular formula is C12H23N2O2. The van der Waals surface area contributed by atoms with Crippen LogP contribution < -0.4 is 5.32 Å². The van der Waals surface area contributed by atoms with Gasteiger partial charge in [0.2, 0.25) is 5.91 Å². The Balaban J connectivity index is 2.75. The van der Waals surface area contributed by atoms with Crippen molar-refractivity contribution in [1.29, 1.82) is 0 Å². The van der Waals surface area contributed by atoms with Crippen LogP contribution in [0.3, 0.4) is 0 Å². The first-order valence-electron chi connectivity index (χ1n) is 5.96. The third-order valence-corrected chi connectivity index (χ3v) is 3.28. The topological polar surface area (TPSA) is 52.2 Å². The van der Waals surface area contributed by atoms with Crippen LogP contribution in [0.5, 0.6) is 0 Å². The fourth-order valence-corrected chi connectivity index (χ4v) is 2.70. The maximum absolute atomic E-state index is 12.1. The molecule has 0 unspecified atom stereocenters. The van der Waals surface area contributed by atoms with E-state index in [1.807, 2.05) is 34.6 Å². The van der Waals surface area contributed by atoms with Crippen molar-refractivity contribution < 1.29 is 10.0 Å². The van der Waals surface area contributed by atoms with Gasteiger partial charge in [-0.3, -0.25) is 4.79 Å². The van der Waals surface area contributed by atoms with Gasteiger partial charge in [-0.2, -0.15) is 0 Å². The van der Waals surface area contributed by atoms with E-state index in [-0.39, 0.29) is 11.9 Å². The van der Waals surface area contributed by atoms with Gasteiger partial charge in [-0.25, -0.2) is 0 Å². The number of hydrogen-bond donors (Lipinski definition) is 1. The third kappa shape index (κ3) is 2.74. The minimum atomic E-state index is -0.409. The van der Waals surface area contributed by atoms with Crippen LogP contribution in [0.2, 0.25) is 0 Å². The summed E-state index contributed by atoms with van der Waals surface area (Å²) in [5.41, 5.74) is -0.819. The number of nitrogens with zero attached hydrogens (tertiary/aromatic N) is 1. The zero-order valence-electron chi connectivity index (χ0n) is 11.0. The normalized spacial score (nSPS) is 25.4. The lowest BCUT2D eigenvalue weighted by Crippen LogP contribution is -2.62. The predicted molar refractivity (Wildman–Crippen MR) is 62.1 cm³/mol. The van der Waals surface area contributed by atoms with Gasteiger partial charge < -0.3 is 5.32 Å². The number of amides is 1. The Bertz CT molecular complexity index is 256. The molecular weight excluding hydrogens is 204 g/mol. The Kier molecular flexibility index (Phi) is 3.65. The predicted octanol–water partition coefficient (Wildman–Crippen LogP) is 1.88. The zero-order valence-corrected chi connectivity index (χ0v) is 11.0. The van der Waals surface area contributed by atoms with Gasteiger partial charge in [0.1, 0.15) is 0 Å². The van der Waals surface area contributed by atoms with Gasteiger partial charge in [0.05, 0.1) is 0 Å². The van der Waals surface area contributed by atoms with E-state index in [0.717, 1.165) is 0 Å². The molecule has 0 spiro atoms. The highest BCUT2D eigenvalue weighted by atomic mass is 16.5. The number of hydrogen-bond acceptors (Lipinski definition) is 2. The molecule has 16 heavy (non-hydrogen) atoms. The molecule has 93 valence electrons. The van der Waals surface area contributed by atoms with Crippen LogP contribution in [0.15, 0.2) is 0 Å². The average molecular weight is 227 g/mol. The van der Waals surface area contributed by atoms with Crippen molar-refractivity contribution in [2.45, 2.75) is 71.0 Å². The summed E-state index contributed by atoms with van der Waals surface area (Å²) in [6.07, 6.45) is 1.93. The van der Waals surface area contributed by atoms with Crippen LogP contribution in [0.1, 0.15) is 53.9 Å². The van der Waals surface area contributed by atoms with Crippen LogP contribution in [0.4, 0.5) is 0 Å². The van der Waals surface area contributed by atoms with Crippen molar-refractivity contribution in [1.82, 2.24) is 10.4 Å². The molecule has 0 aliphatic carbocycles. The van der Waals surface area contributed by atoms with Crippen molar-refractivity contribution >= 4 is 5.91 Å². The summed E-state index contributed by atoms with van der Waals surface area (Å²) in [4.78, 5) is 11.4. The monoisotopic (exact) mass is 227 g/mol. The highest BCUT2D eigenvalue weighted by Gasteiger charge is 2.46. The van der Waals surface area contributed by atoms with Crippen molar-refractivity contribution in [3.8, 4) is 0 Å². The fourth-order valence-electron chi connectivity index (χ4n) is 2.70. The van der Waals surface area contributed by atoms with E-state index >= 15 is 0 Å². The number of carbonyl (C=O) groups is 1. The maximum Gasteiger partial charge on any atom is 0.219 e. The standard InChI is InChI=1S/C12H23N2O2/c1-6-10(15)13-9-7-11(2,3)14(16)12(4,5)8-9/h9H,6-8H2,1-5H3,(H,13,15). The van der Waals surface area contributed by atoms with Crippen LogP contribution in [-0.4, -0.2) is 28.1 Å². The summed E-state index contributed by atoms with van der Waals surface area (Å²) in [5, 5.41) is 16.2. The van der Waals surface area contributed by atoms with E-state index in [4.69, 9.17) is 0 Å². The van der Waals surface area contributed by atoms with Crippen LogP contribution in [0.25, 0.3) is 0 Å². The molecule has 1 amide bonds. The summed E-state index contributed by atoms with van der Waals surface area (Å²) < 4.78 is 0. The van der Waals surface area contributed by atoms with E-state index in [2.05, 4.69) is 5.32 Å². The second kappa shape index (κ2) is 4.34. The summed E-state index contributed by atoms with van der Waals surface area (Å²) in [5.74, 6) is 0.0657. The van der Waals surface area contributed by atoms with Crippen LogP contribution >= 0.6 is 0 Å². The molecule has 4 heteroatoms. The lowest BCUT2D eigenvalue weighted by molar-refractivity contribution is -0.290. The molecule has 1 fully saturated rings. The fraction of sp³-hybridized carbons (Fsp3) is 0.917. The summed E-state index contributed by atoms with van der Waals surface area (Å²) in [6.45, 7) is 9.59. The molecule has 0 aromatic rings. The molecule has 0 aromatic heterocycles. The Labute approximate surface area is 98.0 Å². The van der Waals surface area contributed by atoms with Gasteiger partial charge in [-0.15, -0.1) is 10.3 Å². The van der Waals surface area contributed by atoms with E-state index in [0.29, 0.717) is 19.3 Å². The Morgan fingerprint density at radius 1 is 1.25 bits per heavy atom. The van der Waals surface area contributed by atoms with Gasteiger partial charge in [0.15, 0.2) is 0 Å². The highest BCUT2D eigenvalue weighted by molar-refractivity contribution is 5.75. The number of carbonyl (C=O) groups excluding carboxylic acids is 1. The molecule has 1 aliphatic rings. The summed E-state index contributed by atoms with van der Waals surface area (Å²) in [6, 6.07) is 0.114. The largest absolute Gasteiger partial charge is 0.353 e. The SMILES string of the molecule is CCC(=O)NC1CC(C)(C)N([O])C(C)(C)C1. The second-order valence-electron chi connectivity index (χ2n) is 5.95. The quantitative estimate of drug-likeness (QED) is 0.783. The average Bonchev–Trinajstić information content (AvgIpc) is 2.13. The second-order valence-corrected chi connectivity index (χ2v) is 5.95. The number of piperidine rings is 1.